The number of rotatable bonds is 8. The SMILES string of the molecule is COC(=O)c1ccc(C23CC4(c5ccc(C(=O)OC)cc5)CC(c5ccc(C(=O)OC)cc5)(C2)CC(c2ccc(C(=O)OC)cc2)(C3)C4)cc1. The third-order valence-corrected chi connectivity index (χ3v) is 11.7. The predicted molar refractivity (Wildman–Crippen MR) is 186 cm³/mol. The van der Waals surface area contributed by atoms with E-state index in [2.05, 4.69) is 48.5 Å². The van der Waals surface area contributed by atoms with Crippen molar-refractivity contribution in [3.05, 3.63) is 142 Å². The number of ether oxygens (including phenoxy) is 4. The average molecular weight is 673 g/mol. The fraction of sp³-hybridized carbons (Fsp3) is 0.333. The normalized spacial score (nSPS) is 26.2. The van der Waals surface area contributed by atoms with Crippen molar-refractivity contribution in [3.63, 3.8) is 0 Å². The summed E-state index contributed by atoms with van der Waals surface area (Å²) in [5.41, 5.74) is 5.42. The highest BCUT2D eigenvalue weighted by Crippen LogP contribution is 2.74. The molecule has 0 spiro atoms. The second-order valence-corrected chi connectivity index (χ2v) is 14.5. The Morgan fingerprint density at radius 1 is 0.340 bits per heavy atom. The third-order valence-electron chi connectivity index (χ3n) is 11.7. The molecule has 50 heavy (non-hydrogen) atoms. The molecule has 8 rings (SSSR count). The first-order valence-electron chi connectivity index (χ1n) is 16.8. The topological polar surface area (TPSA) is 105 Å². The minimum absolute atomic E-state index is 0.299. The Hall–Kier alpha value is -5.24. The highest BCUT2D eigenvalue weighted by Gasteiger charge is 2.69. The van der Waals surface area contributed by atoms with Gasteiger partial charge in [0.1, 0.15) is 0 Å². The fourth-order valence-electron chi connectivity index (χ4n) is 10.2. The molecule has 4 aromatic rings. The van der Waals surface area contributed by atoms with Crippen LogP contribution in [0.15, 0.2) is 97.1 Å². The Kier molecular flexibility index (Phi) is 8.16. The Bertz CT molecular complexity index is 1630. The largest absolute Gasteiger partial charge is 0.465 e. The molecule has 4 saturated carbocycles. The molecule has 256 valence electrons. The molecule has 0 saturated heterocycles. The maximum absolute atomic E-state index is 12.5. The van der Waals surface area contributed by atoms with E-state index in [9.17, 15) is 19.2 Å². The Labute approximate surface area is 291 Å². The maximum Gasteiger partial charge on any atom is 0.337 e. The van der Waals surface area contributed by atoms with Crippen LogP contribution < -0.4 is 0 Å². The van der Waals surface area contributed by atoms with Crippen molar-refractivity contribution in [1.82, 2.24) is 0 Å². The molecule has 0 amide bonds. The molecule has 8 nitrogen and oxygen atoms in total. The first-order chi connectivity index (χ1) is 24.0. The highest BCUT2D eigenvalue weighted by atomic mass is 16.5. The second kappa shape index (κ2) is 12.3. The number of hydrogen-bond donors (Lipinski definition) is 0. The van der Waals surface area contributed by atoms with Gasteiger partial charge >= 0.3 is 23.9 Å². The van der Waals surface area contributed by atoms with E-state index in [-0.39, 0.29) is 45.5 Å². The number of methoxy groups -OCH3 is 4. The lowest BCUT2D eigenvalue weighted by Crippen LogP contribution is -2.67. The van der Waals surface area contributed by atoms with Crippen LogP contribution in [-0.2, 0) is 40.6 Å². The molecule has 4 fully saturated rings. The lowest BCUT2D eigenvalue weighted by atomic mass is 9.32. The summed E-state index contributed by atoms with van der Waals surface area (Å²) in [6.07, 6.45) is 5.24. The minimum Gasteiger partial charge on any atom is -0.465 e. The second-order valence-electron chi connectivity index (χ2n) is 14.5. The van der Waals surface area contributed by atoms with Gasteiger partial charge in [-0.1, -0.05) is 48.5 Å². The lowest BCUT2D eigenvalue weighted by molar-refractivity contribution is -0.0692. The van der Waals surface area contributed by atoms with Gasteiger partial charge in [-0.3, -0.25) is 0 Å². The van der Waals surface area contributed by atoms with E-state index in [0.717, 1.165) is 60.8 Å². The zero-order valence-electron chi connectivity index (χ0n) is 28.7. The van der Waals surface area contributed by atoms with Crippen molar-refractivity contribution in [2.45, 2.75) is 60.2 Å². The summed E-state index contributed by atoms with van der Waals surface area (Å²) in [5, 5.41) is 0. The zero-order valence-corrected chi connectivity index (χ0v) is 28.7. The van der Waals surface area contributed by atoms with Crippen LogP contribution in [0.2, 0.25) is 0 Å². The van der Waals surface area contributed by atoms with Crippen LogP contribution in [0.4, 0.5) is 0 Å². The summed E-state index contributed by atoms with van der Waals surface area (Å²) in [6, 6.07) is 31.5. The average Bonchev–Trinajstić information content (AvgIpc) is 3.16. The first-order valence-corrected chi connectivity index (χ1v) is 16.8. The number of esters is 4. The van der Waals surface area contributed by atoms with Crippen molar-refractivity contribution < 1.29 is 38.1 Å². The summed E-state index contributed by atoms with van der Waals surface area (Å²) in [4.78, 5) is 49.8. The van der Waals surface area contributed by atoms with Crippen molar-refractivity contribution in [3.8, 4) is 0 Å². The quantitative estimate of drug-likeness (QED) is 0.142. The molecule has 4 aliphatic carbocycles. The minimum atomic E-state index is -0.381. The molecule has 4 aliphatic rings. The van der Waals surface area contributed by atoms with Crippen molar-refractivity contribution in [1.29, 1.82) is 0 Å². The van der Waals surface area contributed by atoms with Gasteiger partial charge in [0.15, 0.2) is 0 Å². The van der Waals surface area contributed by atoms with Crippen molar-refractivity contribution >= 4 is 23.9 Å². The van der Waals surface area contributed by atoms with E-state index in [0.29, 0.717) is 22.3 Å². The van der Waals surface area contributed by atoms with Gasteiger partial charge in [-0.15, -0.1) is 0 Å². The van der Waals surface area contributed by atoms with E-state index in [1.807, 2.05) is 48.5 Å². The van der Waals surface area contributed by atoms with Crippen LogP contribution in [0.3, 0.4) is 0 Å². The standard InChI is InChI=1S/C42H40O8/c1-47-35(43)27-5-13-31(14-6-27)39-21-40(32-15-7-28(8-16-32)36(44)48-2)24-41(22-39,33-17-9-29(10-18-33)37(45)49-3)26-42(23-39,25-40)34-19-11-30(12-20-34)38(46)50-4/h5-20H,21-26H2,1-4H3. The number of carbonyl (C=O) groups is 4. The van der Waals surface area contributed by atoms with Crippen LogP contribution in [-0.4, -0.2) is 52.3 Å². The molecule has 0 heterocycles. The van der Waals surface area contributed by atoms with Crippen molar-refractivity contribution in [2.75, 3.05) is 28.4 Å². The van der Waals surface area contributed by atoms with Gasteiger partial charge in [0.2, 0.25) is 0 Å². The smallest absolute Gasteiger partial charge is 0.337 e. The molecule has 4 aromatic carbocycles. The number of hydrogen-bond acceptors (Lipinski definition) is 8. The third kappa shape index (κ3) is 5.29. The maximum atomic E-state index is 12.5. The lowest BCUT2D eigenvalue weighted by Gasteiger charge is -2.71. The molecule has 8 heteroatoms. The Morgan fingerprint density at radius 3 is 0.640 bits per heavy atom. The van der Waals surface area contributed by atoms with Gasteiger partial charge in [0.25, 0.3) is 0 Å². The molecule has 0 aromatic heterocycles. The van der Waals surface area contributed by atoms with E-state index in [1.54, 1.807) is 0 Å². The van der Waals surface area contributed by atoms with Crippen LogP contribution in [0.1, 0.15) is 102 Å². The van der Waals surface area contributed by atoms with Crippen LogP contribution >= 0.6 is 0 Å². The molecule has 0 atom stereocenters. The molecular weight excluding hydrogens is 632 g/mol. The van der Waals surface area contributed by atoms with Crippen molar-refractivity contribution in [2.24, 2.45) is 0 Å². The summed E-state index contributed by atoms with van der Waals surface area (Å²) in [5.74, 6) is -1.52. The number of carbonyl (C=O) groups excluding carboxylic acids is 4. The zero-order chi connectivity index (χ0) is 35.3. The van der Waals surface area contributed by atoms with E-state index >= 15 is 0 Å². The van der Waals surface area contributed by atoms with Crippen LogP contribution in [0.5, 0.6) is 0 Å². The van der Waals surface area contributed by atoms with E-state index < -0.39 is 0 Å². The van der Waals surface area contributed by atoms with Gasteiger partial charge in [0, 0.05) is 0 Å². The molecule has 4 bridgehead atoms. The number of benzene rings is 4. The van der Waals surface area contributed by atoms with E-state index in [1.165, 1.54) is 28.4 Å². The highest BCUT2D eigenvalue weighted by molar-refractivity contribution is 5.91. The van der Waals surface area contributed by atoms with Crippen LogP contribution in [0, 0.1) is 0 Å². The fourth-order valence-corrected chi connectivity index (χ4v) is 10.2. The Balaban J connectivity index is 1.45. The van der Waals surface area contributed by atoms with Gasteiger partial charge in [-0.05, 0) is 131 Å². The monoisotopic (exact) mass is 672 g/mol. The Morgan fingerprint density at radius 2 is 0.500 bits per heavy atom. The van der Waals surface area contributed by atoms with Crippen LogP contribution in [0.25, 0.3) is 0 Å². The summed E-state index contributed by atoms with van der Waals surface area (Å²) < 4.78 is 20.1. The van der Waals surface area contributed by atoms with E-state index in [4.69, 9.17) is 18.9 Å². The van der Waals surface area contributed by atoms with Gasteiger partial charge in [-0.25, -0.2) is 19.2 Å². The summed E-state index contributed by atoms with van der Waals surface area (Å²) in [7, 11) is 5.54. The molecule has 0 unspecified atom stereocenters. The summed E-state index contributed by atoms with van der Waals surface area (Å²) in [6.45, 7) is 0. The summed E-state index contributed by atoms with van der Waals surface area (Å²) >= 11 is 0. The molecule has 0 N–H and O–H groups in total. The van der Waals surface area contributed by atoms with Gasteiger partial charge in [-0.2, -0.15) is 0 Å². The molecular formula is C42H40O8. The first kappa shape index (κ1) is 33.3. The predicted octanol–water partition coefficient (Wildman–Crippen LogP) is 7.27. The molecule has 0 aliphatic heterocycles. The van der Waals surface area contributed by atoms with Gasteiger partial charge < -0.3 is 18.9 Å². The van der Waals surface area contributed by atoms with Gasteiger partial charge in [0.05, 0.1) is 50.7 Å². The molecule has 0 radical (unpaired) electrons.